The summed E-state index contributed by atoms with van der Waals surface area (Å²) in [7, 11) is 3.20. The van der Waals surface area contributed by atoms with Gasteiger partial charge in [-0.3, -0.25) is 4.79 Å². The van der Waals surface area contributed by atoms with E-state index in [1.54, 1.807) is 32.4 Å². The number of hydrogen-bond donors (Lipinski definition) is 0. The average Bonchev–Trinajstić information content (AvgIpc) is 2.47. The maximum atomic E-state index is 12.3. The number of Topliss-reactive ketones (excluding diaryl/α,β-unsaturated/α-hetero) is 1. The van der Waals surface area contributed by atoms with Gasteiger partial charge in [-0.05, 0) is 40.2 Å². The second-order valence-electron chi connectivity index (χ2n) is 4.26. The van der Waals surface area contributed by atoms with E-state index in [-0.39, 0.29) is 5.78 Å². The van der Waals surface area contributed by atoms with Gasteiger partial charge >= 0.3 is 0 Å². The fourth-order valence-electron chi connectivity index (χ4n) is 1.96. The van der Waals surface area contributed by atoms with Gasteiger partial charge in [-0.2, -0.15) is 0 Å². The molecule has 0 spiro atoms. The molecule has 2 aromatic rings. The Balaban J connectivity index is 2.22. The molecule has 0 aliphatic rings. The van der Waals surface area contributed by atoms with E-state index in [0.29, 0.717) is 17.7 Å². The van der Waals surface area contributed by atoms with Gasteiger partial charge in [0.25, 0.3) is 0 Å². The minimum atomic E-state index is 0.0397. The monoisotopic (exact) mass is 334 g/mol. The molecule has 3 nitrogen and oxygen atoms in total. The molecule has 0 aliphatic heterocycles. The van der Waals surface area contributed by atoms with E-state index < -0.39 is 0 Å². The molecule has 0 fully saturated rings. The molecule has 0 aliphatic carbocycles. The van der Waals surface area contributed by atoms with Crippen LogP contribution in [0, 0.1) is 0 Å². The van der Waals surface area contributed by atoms with Gasteiger partial charge < -0.3 is 9.47 Å². The van der Waals surface area contributed by atoms with Crippen LogP contribution < -0.4 is 9.47 Å². The average molecular weight is 335 g/mol. The largest absolute Gasteiger partial charge is 0.496 e. The van der Waals surface area contributed by atoms with Crippen LogP contribution in [0.2, 0.25) is 0 Å². The Morgan fingerprint density at radius 3 is 2.40 bits per heavy atom. The zero-order valence-electron chi connectivity index (χ0n) is 11.4. The molecule has 0 aromatic heterocycles. The maximum absolute atomic E-state index is 12.3. The summed E-state index contributed by atoms with van der Waals surface area (Å²) in [5.74, 6) is 1.48. The van der Waals surface area contributed by atoms with E-state index in [0.717, 1.165) is 15.8 Å². The van der Waals surface area contributed by atoms with Gasteiger partial charge in [-0.25, -0.2) is 0 Å². The first kappa shape index (κ1) is 14.6. The van der Waals surface area contributed by atoms with Crippen LogP contribution in [0.1, 0.15) is 15.9 Å². The summed E-state index contributed by atoms with van der Waals surface area (Å²) in [5.41, 5.74) is 1.52. The minimum absolute atomic E-state index is 0.0397. The molecule has 0 saturated heterocycles. The Kier molecular flexibility index (Phi) is 4.79. The van der Waals surface area contributed by atoms with E-state index >= 15 is 0 Å². The molecule has 0 atom stereocenters. The van der Waals surface area contributed by atoms with Gasteiger partial charge in [0.05, 0.1) is 18.7 Å². The van der Waals surface area contributed by atoms with E-state index in [1.807, 2.05) is 24.3 Å². The molecule has 2 rings (SSSR count). The van der Waals surface area contributed by atoms with Crippen molar-refractivity contribution in [1.82, 2.24) is 0 Å². The first-order valence-corrected chi connectivity index (χ1v) is 6.93. The van der Waals surface area contributed by atoms with Gasteiger partial charge in [0.1, 0.15) is 11.5 Å². The molecule has 104 valence electrons. The summed E-state index contributed by atoms with van der Waals surface area (Å²) in [6, 6.07) is 12.9. The number of benzene rings is 2. The summed E-state index contributed by atoms with van der Waals surface area (Å²) < 4.78 is 11.2. The van der Waals surface area contributed by atoms with E-state index in [2.05, 4.69) is 15.9 Å². The summed E-state index contributed by atoms with van der Waals surface area (Å²) in [6.45, 7) is 0. The van der Waals surface area contributed by atoms with Gasteiger partial charge in [0, 0.05) is 17.5 Å². The fraction of sp³-hybridized carbons (Fsp3) is 0.188. The zero-order valence-corrected chi connectivity index (χ0v) is 12.9. The van der Waals surface area contributed by atoms with Crippen molar-refractivity contribution in [2.24, 2.45) is 0 Å². The highest BCUT2D eigenvalue weighted by atomic mass is 79.9. The van der Waals surface area contributed by atoms with E-state index in [4.69, 9.17) is 9.47 Å². The third-order valence-corrected chi connectivity index (χ3v) is 3.64. The van der Waals surface area contributed by atoms with Crippen molar-refractivity contribution in [2.75, 3.05) is 14.2 Å². The van der Waals surface area contributed by atoms with Gasteiger partial charge in [0.15, 0.2) is 5.78 Å². The number of rotatable bonds is 5. The number of hydrogen-bond acceptors (Lipinski definition) is 3. The summed E-state index contributed by atoms with van der Waals surface area (Å²) in [5, 5.41) is 0. The second kappa shape index (κ2) is 6.57. The van der Waals surface area contributed by atoms with Crippen LogP contribution in [0.3, 0.4) is 0 Å². The molecule has 2 aromatic carbocycles. The molecule has 4 heteroatoms. The Labute approximate surface area is 126 Å². The van der Waals surface area contributed by atoms with Crippen molar-refractivity contribution in [3.8, 4) is 11.5 Å². The van der Waals surface area contributed by atoms with Crippen LogP contribution in [-0.4, -0.2) is 20.0 Å². The van der Waals surface area contributed by atoms with Crippen LogP contribution in [-0.2, 0) is 6.42 Å². The Bertz CT molecular complexity index is 623. The molecule has 0 bridgehead atoms. The third kappa shape index (κ3) is 3.20. The van der Waals surface area contributed by atoms with Crippen LogP contribution in [0.15, 0.2) is 46.9 Å². The third-order valence-electron chi connectivity index (χ3n) is 3.02. The first-order chi connectivity index (χ1) is 9.65. The summed E-state index contributed by atoms with van der Waals surface area (Å²) >= 11 is 3.39. The van der Waals surface area contributed by atoms with Crippen molar-refractivity contribution in [3.63, 3.8) is 0 Å². The van der Waals surface area contributed by atoms with Gasteiger partial charge in [-0.1, -0.05) is 18.2 Å². The number of ketones is 1. The van der Waals surface area contributed by atoms with Crippen LogP contribution in [0.4, 0.5) is 0 Å². The van der Waals surface area contributed by atoms with Crippen molar-refractivity contribution < 1.29 is 14.3 Å². The number of para-hydroxylation sites is 1. The Morgan fingerprint density at radius 2 is 1.75 bits per heavy atom. The second-order valence-corrected chi connectivity index (χ2v) is 5.12. The maximum Gasteiger partial charge on any atom is 0.167 e. The fourth-order valence-corrected chi connectivity index (χ4v) is 2.50. The lowest BCUT2D eigenvalue weighted by molar-refractivity contribution is 0.0992. The predicted octanol–water partition coefficient (Wildman–Crippen LogP) is 3.89. The molecule has 0 N–H and O–H groups in total. The number of ether oxygens (including phenoxy) is 2. The van der Waals surface area contributed by atoms with Crippen molar-refractivity contribution in [2.45, 2.75) is 6.42 Å². The van der Waals surface area contributed by atoms with Crippen LogP contribution >= 0.6 is 15.9 Å². The number of carbonyl (C=O) groups excluding carboxylic acids is 1. The molecule has 0 radical (unpaired) electrons. The number of halogens is 1. The number of methoxy groups -OCH3 is 2. The summed E-state index contributed by atoms with van der Waals surface area (Å²) in [6.07, 6.45) is 0.308. The molecule has 0 saturated carbocycles. The zero-order chi connectivity index (χ0) is 14.5. The molecule has 0 amide bonds. The highest BCUT2D eigenvalue weighted by molar-refractivity contribution is 9.10. The summed E-state index contributed by atoms with van der Waals surface area (Å²) in [4.78, 5) is 12.3. The lowest BCUT2D eigenvalue weighted by atomic mass is 10.0. The molecule has 0 unspecified atom stereocenters. The Morgan fingerprint density at radius 1 is 1.05 bits per heavy atom. The number of carbonyl (C=O) groups is 1. The normalized spacial score (nSPS) is 10.2. The Hall–Kier alpha value is -1.81. The van der Waals surface area contributed by atoms with Crippen LogP contribution in [0.5, 0.6) is 11.5 Å². The van der Waals surface area contributed by atoms with Crippen molar-refractivity contribution >= 4 is 21.7 Å². The van der Waals surface area contributed by atoms with E-state index in [9.17, 15) is 4.79 Å². The predicted molar refractivity (Wildman–Crippen MR) is 81.7 cm³/mol. The van der Waals surface area contributed by atoms with Crippen molar-refractivity contribution in [3.05, 3.63) is 58.1 Å². The SMILES string of the molecule is COc1ccc(C(=O)Cc2ccccc2OC)cc1Br. The van der Waals surface area contributed by atoms with Crippen LogP contribution in [0.25, 0.3) is 0 Å². The molecular formula is C16H15BrO3. The lowest BCUT2D eigenvalue weighted by Crippen LogP contribution is -2.05. The quantitative estimate of drug-likeness (QED) is 0.778. The highest BCUT2D eigenvalue weighted by Crippen LogP contribution is 2.27. The topological polar surface area (TPSA) is 35.5 Å². The molecule has 20 heavy (non-hydrogen) atoms. The van der Waals surface area contributed by atoms with Crippen molar-refractivity contribution in [1.29, 1.82) is 0 Å². The highest BCUT2D eigenvalue weighted by Gasteiger charge is 2.12. The minimum Gasteiger partial charge on any atom is -0.496 e. The lowest BCUT2D eigenvalue weighted by Gasteiger charge is -2.08. The van der Waals surface area contributed by atoms with E-state index in [1.165, 1.54) is 0 Å². The standard InChI is InChI=1S/C16H15BrO3/c1-19-15-6-4-3-5-12(15)10-14(18)11-7-8-16(20-2)13(17)9-11/h3-9H,10H2,1-2H3. The van der Waals surface area contributed by atoms with Gasteiger partial charge in [0.2, 0.25) is 0 Å². The smallest absolute Gasteiger partial charge is 0.167 e. The first-order valence-electron chi connectivity index (χ1n) is 6.14. The molecule has 0 heterocycles. The van der Waals surface area contributed by atoms with Gasteiger partial charge in [-0.15, -0.1) is 0 Å². The molecular weight excluding hydrogens is 320 g/mol.